The maximum Gasteiger partial charge on any atom is 0.217 e. The first-order chi connectivity index (χ1) is 17.1. The number of pyridine rings is 2. The number of benzene rings is 1. The molecular formula is C26H21N7OS. The molecule has 8 nitrogen and oxygen atoms in total. The number of amides is 1. The van der Waals surface area contributed by atoms with E-state index in [1.807, 2.05) is 48.8 Å². The third-order valence-corrected chi connectivity index (χ3v) is 7.03. The number of aromatic nitrogens is 3. The Bertz CT molecular complexity index is 1500. The van der Waals surface area contributed by atoms with Gasteiger partial charge in [0, 0.05) is 59.4 Å². The molecule has 1 fully saturated rings. The van der Waals surface area contributed by atoms with Crippen molar-refractivity contribution >= 4 is 29.0 Å². The first-order valence-corrected chi connectivity index (χ1v) is 11.9. The highest BCUT2D eigenvalue weighted by molar-refractivity contribution is 7.99. The Morgan fingerprint density at radius 3 is 2.66 bits per heavy atom. The van der Waals surface area contributed by atoms with Gasteiger partial charge in [-0.05, 0) is 36.8 Å². The lowest BCUT2D eigenvalue weighted by atomic mass is 10.1. The van der Waals surface area contributed by atoms with Gasteiger partial charge < -0.3 is 10.2 Å². The molecule has 35 heavy (non-hydrogen) atoms. The molecule has 0 saturated carbocycles. The summed E-state index contributed by atoms with van der Waals surface area (Å²) >= 11 is 1.44. The molecule has 1 atom stereocenters. The summed E-state index contributed by atoms with van der Waals surface area (Å²) in [5.41, 5.74) is 3.58. The van der Waals surface area contributed by atoms with Crippen LogP contribution in [0.25, 0.3) is 16.6 Å². The van der Waals surface area contributed by atoms with Gasteiger partial charge in [0.2, 0.25) is 5.91 Å². The summed E-state index contributed by atoms with van der Waals surface area (Å²) in [5.74, 6) is 0.853. The van der Waals surface area contributed by atoms with E-state index in [0.29, 0.717) is 16.6 Å². The highest BCUT2D eigenvalue weighted by Crippen LogP contribution is 2.37. The molecule has 1 N–H and O–H groups in total. The number of hydrogen-bond acceptors (Lipinski definition) is 7. The standard InChI is InChI=1S/C26H21N7OS/c1-17(34)31-22-8-9-32(16-22)25-7-6-19(13-29-25)20-10-24(26-21(12-28)14-30-33(26)15-20)35-23-5-3-2-4-18(23)11-27/h2-7,10,13-15,22H,8-9,16H2,1H3,(H,31,34). The van der Waals surface area contributed by atoms with Crippen LogP contribution in [0.3, 0.4) is 0 Å². The Labute approximate surface area is 206 Å². The van der Waals surface area contributed by atoms with E-state index in [2.05, 4.69) is 32.4 Å². The average Bonchev–Trinajstić information content (AvgIpc) is 3.51. The summed E-state index contributed by atoms with van der Waals surface area (Å²) in [5, 5.41) is 26.5. The highest BCUT2D eigenvalue weighted by atomic mass is 32.2. The van der Waals surface area contributed by atoms with Gasteiger partial charge in [-0.3, -0.25) is 4.79 Å². The minimum Gasteiger partial charge on any atom is -0.354 e. The Morgan fingerprint density at radius 2 is 1.91 bits per heavy atom. The summed E-state index contributed by atoms with van der Waals surface area (Å²) < 4.78 is 1.71. The van der Waals surface area contributed by atoms with E-state index in [1.54, 1.807) is 16.8 Å². The average molecular weight is 480 g/mol. The molecule has 4 heterocycles. The van der Waals surface area contributed by atoms with Crippen LogP contribution in [-0.4, -0.2) is 39.6 Å². The summed E-state index contributed by atoms with van der Waals surface area (Å²) in [6.07, 6.45) is 6.16. The van der Waals surface area contributed by atoms with Crippen LogP contribution in [0.5, 0.6) is 0 Å². The van der Waals surface area contributed by atoms with Gasteiger partial charge in [0.15, 0.2) is 0 Å². The third-order valence-electron chi connectivity index (χ3n) is 5.93. The molecule has 9 heteroatoms. The summed E-state index contributed by atoms with van der Waals surface area (Å²) in [7, 11) is 0. The van der Waals surface area contributed by atoms with E-state index in [0.717, 1.165) is 46.2 Å². The van der Waals surface area contributed by atoms with Gasteiger partial charge in [-0.15, -0.1) is 0 Å². The lowest BCUT2D eigenvalue weighted by molar-refractivity contribution is -0.119. The van der Waals surface area contributed by atoms with Gasteiger partial charge >= 0.3 is 0 Å². The zero-order valence-corrected chi connectivity index (χ0v) is 19.8. The molecule has 1 unspecified atom stereocenters. The van der Waals surface area contributed by atoms with Crippen LogP contribution in [0.2, 0.25) is 0 Å². The van der Waals surface area contributed by atoms with Crippen molar-refractivity contribution in [2.75, 3.05) is 18.0 Å². The molecule has 0 radical (unpaired) electrons. The Balaban J connectivity index is 1.48. The van der Waals surface area contributed by atoms with Crippen molar-refractivity contribution in [3.05, 3.63) is 72.2 Å². The lowest BCUT2D eigenvalue weighted by Gasteiger charge is -2.18. The fourth-order valence-electron chi connectivity index (χ4n) is 4.29. The van der Waals surface area contributed by atoms with Gasteiger partial charge in [0.25, 0.3) is 0 Å². The molecule has 172 valence electrons. The van der Waals surface area contributed by atoms with Crippen molar-refractivity contribution in [1.29, 1.82) is 10.5 Å². The molecule has 1 aromatic carbocycles. The largest absolute Gasteiger partial charge is 0.354 e. The van der Waals surface area contributed by atoms with E-state index >= 15 is 0 Å². The molecule has 1 aliphatic heterocycles. The second-order valence-electron chi connectivity index (χ2n) is 8.30. The number of nitrogens with zero attached hydrogens (tertiary/aromatic N) is 6. The van der Waals surface area contributed by atoms with Gasteiger partial charge in [-0.25, -0.2) is 9.50 Å². The molecule has 4 aromatic rings. The van der Waals surface area contributed by atoms with Crippen LogP contribution in [0.15, 0.2) is 70.8 Å². The topological polar surface area (TPSA) is 110 Å². The molecule has 0 aliphatic carbocycles. The second kappa shape index (κ2) is 9.49. The maximum atomic E-state index is 11.3. The van der Waals surface area contributed by atoms with Crippen LogP contribution >= 0.6 is 11.8 Å². The van der Waals surface area contributed by atoms with Crippen molar-refractivity contribution < 1.29 is 4.79 Å². The molecule has 1 aliphatic rings. The van der Waals surface area contributed by atoms with Gasteiger partial charge in [0.05, 0.1) is 22.8 Å². The number of anilines is 1. The molecule has 0 spiro atoms. The monoisotopic (exact) mass is 479 g/mol. The Hall–Kier alpha value is -4.34. The molecule has 5 rings (SSSR count). The SMILES string of the molecule is CC(=O)NC1CCN(c2ccc(-c3cc(Sc4ccccc4C#N)c4c(C#N)cnn4c3)cn2)C1. The highest BCUT2D eigenvalue weighted by Gasteiger charge is 2.24. The normalized spacial score (nSPS) is 15.1. The number of carbonyl (C=O) groups excluding carboxylic acids is 1. The van der Waals surface area contributed by atoms with E-state index < -0.39 is 0 Å². The molecule has 1 saturated heterocycles. The van der Waals surface area contributed by atoms with Crippen LogP contribution in [0.1, 0.15) is 24.5 Å². The quantitative estimate of drug-likeness (QED) is 0.460. The first-order valence-electron chi connectivity index (χ1n) is 11.1. The summed E-state index contributed by atoms with van der Waals surface area (Å²) in [6.45, 7) is 3.12. The molecule has 3 aromatic heterocycles. The zero-order valence-electron chi connectivity index (χ0n) is 19.0. The van der Waals surface area contributed by atoms with Crippen molar-refractivity contribution in [2.24, 2.45) is 0 Å². The van der Waals surface area contributed by atoms with Crippen molar-refractivity contribution in [3.8, 4) is 23.3 Å². The Kier molecular flexibility index (Phi) is 6.09. The second-order valence-corrected chi connectivity index (χ2v) is 9.39. The van der Waals surface area contributed by atoms with Crippen molar-refractivity contribution in [1.82, 2.24) is 19.9 Å². The number of nitrogens with one attached hydrogen (secondary N) is 1. The van der Waals surface area contributed by atoms with E-state index in [4.69, 9.17) is 0 Å². The fraction of sp³-hybridized carbons (Fsp3) is 0.192. The molecule has 1 amide bonds. The predicted molar refractivity (Wildman–Crippen MR) is 133 cm³/mol. The van der Waals surface area contributed by atoms with Gasteiger partial charge in [0.1, 0.15) is 18.0 Å². The van der Waals surface area contributed by atoms with Crippen LogP contribution in [-0.2, 0) is 4.79 Å². The summed E-state index contributed by atoms with van der Waals surface area (Å²) in [6, 6.07) is 18.0. The number of hydrogen-bond donors (Lipinski definition) is 1. The van der Waals surface area contributed by atoms with Gasteiger partial charge in [-0.2, -0.15) is 15.6 Å². The molecular weight excluding hydrogens is 458 g/mol. The van der Waals surface area contributed by atoms with Crippen molar-refractivity contribution in [2.45, 2.75) is 29.2 Å². The number of fused-ring (bicyclic) bond motifs is 1. The minimum atomic E-state index is -0.0141. The van der Waals surface area contributed by atoms with E-state index in [9.17, 15) is 15.3 Å². The van der Waals surface area contributed by atoms with Crippen molar-refractivity contribution in [3.63, 3.8) is 0 Å². The Morgan fingerprint density at radius 1 is 1.09 bits per heavy atom. The van der Waals surface area contributed by atoms with Crippen LogP contribution < -0.4 is 10.2 Å². The number of nitriles is 2. The molecule has 0 bridgehead atoms. The maximum absolute atomic E-state index is 11.3. The fourth-order valence-corrected chi connectivity index (χ4v) is 5.38. The summed E-state index contributed by atoms with van der Waals surface area (Å²) in [4.78, 5) is 19.8. The smallest absolute Gasteiger partial charge is 0.217 e. The van der Waals surface area contributed by atoms with Gasteiger partial charge in [-0.1, -0.05) is 23.9 Å². The predicted octanol–water partition coefficient (Wildman–Crippen LogP) is 4.01. The van der Waals surface area contributed by atoms with Crippen LogP contribution in [0, 0.1) is 22.7 Å². The third kappa shape index (κ3) is 4.54. The van der Waals surface area contributed by atoms with Crippen LogP contribution in [0.4, 0.5) is 5.82 Å². The van der Waals surface area contributed by atoms with E-state index in [-0.39, 0.29) is 11.9 Å². The lowest BCUT2D eigenvalue weighted by Crippen LogP contribution is -2.35. The number of rotatable bonds is 5. The first kappa shape index (κ1) is 22.5. The minimum absolute atomic E-state index is 0.0141. The number of carbonyl (C=O) groups is 1. The van der Waals surface area contributed by atoms with E-state index in [1.165, 1.54) is 18.7 Å². The zero-order chi connectivity index (χ0) is 24.4.